The summed E-state index contributed by atoms with van der Waals surface area (Å²) in [6.07, 6.45) is 87.6. The lowest BCUT2D eigenvalue weighted by Crippen LogP contribution is -2.30. The first-order valence-corrected chi connectivity index (χ1v) is 33.6. The molecule has 1 atom stereocenters. The first-order chi connectivity index (χ1) is 38.5. The van der Waals surface area contributed by atoms with Gasteiger partial charge in [0.15, 0.2) is 6.10 Å². The topological polar surface area (TPSA) is 78.9 Å². The second kappa shape index (κ2) is 66.1. The van der Waals surface area contributed by atoms with Gasteiger partial charge in [-0.3, -0.25) is 14.4 Å². The molecule has 0 aliphatic rings. The van der Waals surface area contributed by atoms with Crippen LogP contribution in [-0.4, -0.2) is 37.2 Å². The summed E-state index contributed by atoms with van der Waals surface area (Å²) in [5, 5.41) is 0. The van der Waals surface area contributed by atoms with Crippen molar-refractivity contribution in [1.29, 1.82) is 0 Å². The number of esters is 3. The molecular formula is C72H126O6. The highest BCUT2D eigenvalue weighted by molar-refractivity contribution is 5.71. The molecule has 0 fully saturated rings. The van der Waals surface area contributed by atoms with E-state index in [-0.39, 0.29) is 31.1 Å². The molecule has 0 bridgehead atoms. The van der Waals surface area contributed by atoms with Gasteiger partial charge in [-0.1, -0.05) is 292 Å². The molecular weight excluding hydrogens is 961 g/mol. The van der Waals surface area contributed by atoms with Gasteiger partial charge in [0.2, 0.25) is 0 Å². The van der Waals surface area contributed by atoms with Crippen molar-refractivity contribution < 1.29 is 28.6 Å². The Labute approximate surface area is 484 Å². The predicted octanol–water partition coefficient (Wildman–Crippen LogP) is 23.1. The Bertz CT molecular complexity index is 1480. The van der Waals surface area contributed by atoms with Crippen LogP contribution in [0.1, 0.15) is 335 Å². The Kier molecular flexibility index (Phi) is 63.2. The molecule has 6 heteroatoms. The van der Waals surface area contributed by atoms with E-state index in [1.165, 1.54) is 186 Å². The number of rotatable bonds is 61. The zero-order valence-corrected chi connectivity index (χ0v) is 51.7. The average Bonchev–Trinajstić information content (AvgIpc) is 3.44. The molecule has 0 rings (SSSR count). The van der Waals surface area contributed by atoms with Gasteiger partial charge in [0.25, 0.3) is 0 Å². The van der Waals surface area contributed by atoms with E-state index < -0.39 is 6.10 Å². The monoisotopic (exact) mass is 1090 g/mol. The van der Waals surface area contributed by atoms with Crippen LogP contribution in [0.5, 0.6) is 0 Å². The van der Waals surface area contributed by atoms with Gasteiger partial charge < -0.3 is 14.2 Å². The Hall–Kier alpha value is -3.41. The van der Waals surface area contributed by atoms with Crippen molar-refractivity contribution in [2.75, 3.05) is 13.2 Å². The van der Waals surface area contributed by atoms with E-state index in [0.29, 0.717) is 19.3 Å². The fourth-order valence-electron chi connectivity index (χ4n) is 9.59. The summed E-state index contributed by atoms with van der Waals surface area (Å²) in [5.74, 6) is -0.883. The molecule has 0 saturated carbocycles. The zero-order valence-electron chi connectivity index (χ0n) is 51.7. The van der Waals surface area contributed by atoms with Crippen molar-refractivity contribution in [3.05, 3.63) is 85.1 Å². The largest absolute Gasteiger partial charge is 0.462 e. The van der Waals surface area contributed by atoms with Crippen LogP contribution in [0, 0.1) is 0 Å². The molecule has 78 heavy (non-hydrogen) atoms. The maximum atomic E-state index is 12.9. The molecule has 0 saturated heterocycles. The smallest absolute Gasteiger partial charge is 0.306 e. The minimum absolute atomic E-state index is 0.0786. The summed E-state index contributed by atoms with van der Waals surface area (Å²) in [7, 11) is 0. The highest BCUT2D eigenvalue weighted by Crippen LogP contribution is 2.17. The predicted molar refractivity (Wildman–Crippen MR) is 339 cm³/mol. The molecule has 0 aromatic carbocycles. The van der Waals surface area contributed by atoms with E-state index in [4.69, 9.17) is 14.2 Å². The fraction of sp³-hybridized carbons (Fsp3) is 0.764. The van der Waals surface area contributed by atoms with Crippen molar-refractivity contribution in [2.45, 2.75) is 341 Å². The van der Waals surface area contributed by atoms with E-state index in [9.17, 15) is 14.4 Å². The number of hydrogen-bond acceptors (Lipinski definition) is 6. The number of allylic oxidation sites excluding steroid dienone is 14. The van der Waals surface area contributed by atoms with E-state index in [0.717, 1.165) is 109 Å². The van der Waals surface area contributed by atoms with Crippen molar-refractivity contribution in [3.8, 4) is 0 Å². The SMILES string of the molecule is CC/C=C\C/C=C\C/C=C\C/C=C\CCCCCCCCCCCCCCCCCCCCCCC(=O)OCC(COC(=O)CCCCCCC/C=C\CCC)OC(=O)CCCCCCCCC/C=C\C/C=C\CCCCC. The van der Waals surface area contributed by atoms with Gasteiger partial charge in [-0.2, -0.15) is 0 Å². The van der Waals surface area contributed by atoms with Gasteiger partial charge in [-0.25, -0.2) is 0 Å². The second-order valence-electron chi connectivity index (χ2n) is 22.3. The van der Waals surface area contributed by atoms with Crippen LogP contribution in [0.15, 0.2) is 85.1 Å². The number of hydrogen-bond donors (Lipinski definition) is 0. The molecule has 0 heterocycles. The highest BCUT2D eigenvalue weighted by atomic mass is 16.6. The molecule has 1 unspecified atom stereocenters. The summed E-state index contributed by atoms with van der Waals surface area (Å²) in [4.78, 5) is 38.2. The van der Waals surface area contributed by atoms with E-state index in [1.807, 2.05) is 0 Å². The summed E-state index contributed by atoms with van der Waals surface area (Å²) < 4.78 is 16.9. The Morgan fingerprint density at radius 3 is 0.846 bits per heavy atom. The van der Waals surface area contributed by atoms with Crippen molar-refractivity contribution in [2.24, 2.45) is 0 Å². The molecule has 0 aromatic rings. The average molecular weight is 1090 g/mol. The lowest BCUT2D eigenvalue weighted by atomic mass is 10.0. The Balaban J connectivity index is 4.09. The molecule has 0 spiro atoms. The Morgan fingerprint density at radius 2 is 0.526 bits per heavy atom. The molecule has 0 aliphatic heterocycles. The van der Waals surface area contributed by atoms with E-state index in [1.54, 1.807) is 0 Å². The molecule has 0 aromatic heterocycles. The molecule has 6 nitrogen and oxygen atoms in total. The van der Waals surface area contributed by atoms with E-state index >= 15 is 0 Å². The van der Waals surface area contributed by atoms with Gasteiger partial charge in [-0.15, -0.1) is 0 Å². The molecule has 0 amide bonds. The number of unbranched alkanes of at least 4 members (excludes halogenated alkanes) is 36. The third kappa shape index (κ3) is 63.4. The summed E-state index contributed by atoms with van der Waals surface area (Å²) in [6.45, 7) is 6.46. The second-order valence-corrected chi connectivity index (χ2v) is 22.3. The lowest BCUT2D eigenvalue weighted by molar-refractivity contribution is -0.167. The normalized spacial score (nSPS) is 12.6. The number of ether oxygens (including phenoxy) is 3. The molecule has 0 N–H and O–H groups in total. The van der Waals surface area contributed by atoms with Crippen LogP contribution in [0.3, 0.4) is 0 Å². The van der Waals surface area contributed by atoms with E-state index in [2.05, 4.69) is 106 Å². The summed E-state index contributed by atoms with van der Waals surface area (Å²) >= 11 is 0. The van der Waals surface area contributed by atoms with Crippen LogP contribution in [-0.2, 0) is 28.6 Å². The van der Waals surface area contributed by atoms with Gasteiger partial charge >= 0.3 is 17.9 Å². The van der Waals surface area contributed by atoms with Gasteiger partial charge in [0, 0.05) is 19.3 Å². The van der Waals surface area contributed by atoms with Crippen molar-refractivity contribution in [1.82, 2.24) is 0 Å². The van der Waals surface area contributed by atoms with Crippen LogP contribution < -0.4 is 0 Å². The first-order valence-electron chi connectivity index (χ1n) is 33.6. The van der Waals surface area contributed by atoms with Crippen LogP contribution in [0.25, 0.3) is 0 Å². The zero-order chi connectivity index (χ0) is 56.4. The molecule has 0 radical (unpaired) electrons. The minimum Gasteiger partial charge on any atom is -0.462 e. The van der Waals surface area contributed by atoms with Gasteiger partial charge in [-0.05, 0) is 109 Å². The van der Waals surface area contributed by atoms with Crippen LogP contribution in [0.4, 0.5) is 0 Å². The maximum absolute atomic E-state index is 12.9. The summed E-state index contributed by atoms with van der Waals surface area (Å²) in [6, 6.07) is 0. The van der Waals surface area contributed by atoms with Gasteiger partial charge in [0.05, 0.1) is 0 Å². The Morgan fingerprint density at radius 1 is 0.269 bits per heavy atom. The third-order valence-electron chi connectivity index (χ3n) is 14.6. The van der Waals surface area contributed by atoms with Gasteiger partial charge in [0.1, 0.15) is 13.2 Å². The van der Waals surface area contributed by atoms with Crippen LogP contribution >= 0.6 is 0 Å². The quantitative estimate of drug-likeness (QED) is 0.0261. The fourth-order valence-corrected chi connectivity index (χ4v) is 9.59. The minimum atomic E-state index is -0.782. The standard InChI is InChI=1S/C72H126O6/c1-4-7-10-13-16-19-22-24-26-28-29-30-31-32-33-34-35-36-37-38-39-40-41-42-43-45-46-48-50-53-56-59-62-65-71(74)77-68-69(67-76-70(73)64-61-58-55-52-21-18-15-12-9-6-3)78-72(75)66-63-60-57-54-51-49-47-44-27-25-23-20-17-14-11-8-5-2/h7,10,12,15-17,19-20,24-27,29-30,69H,4-6,8-9,11,13-14,18,21-23,28,31-68H2,1-3H3/b10-7-,15-12-,19-16-,20-17-,26-24-,27-25-,30-29-. The highest BCUT2D eigenvalue weighted by Gasteiger charge is 2.19. The molecule has 0 aliphatic carbocycles. The lowest BCUT2D eigenvalue weighted by Gasteiger charge is -2.18. The molecule has 450 valence electrons. The first kappa shape index (κ1) is 74.6. The maximum Gasteiger partial charge on any atom is 0.306 e. The summed E-state index contributed by atoms with van der Waals surface area (Å²) in [5.41, 5.74) is 0. The van der Waals surface area contributed by atoms with Crippen molar-refractivity contribution >= 4 is 17.9 Å². The third-order valence-corrected chi connectivity index (χ3v) is 14.6. The number of carbonyl (C=O) groups excluding carboxylic acids is 3. The van der Waals surface area contributed by atoms with Crippen molar-refractivity contribution in [3.63, 3.8) is 0 Å². The van der Waals surface area contributed by atoms with Crippen LogP contribution in [0.2, 0.25) is 0 Å². The number of carbonyl (C=O) groups is 3.